The summed E-state index contributed by atoms with van der Waals surface area (Å²) in [6.07, 6.45) is 6.67. The van der Waals surface area contributed by atoms with Gasteiger partial charge in [0.2, 0.25) is 11.9 Å². The molecular weight excluding hydrogens is 324 g/mol. The Kier molecular flexibility index (Phi) is 5.22. The summed E-state index contributed by atoms with van der Waals surface area (Å²) >= 11 is 0. The summed E-state index contributed by atoms with van der Waals surface area (Å²) in [5, 5.41) is 2.86. The number of H-pyrrole nitrogens is 2. The first-order valence-corrected chi connectivity index (χ1v) is 8.21. The largest absolute Gasteiger partial charge is 0.355 e. The predicted molar refractivity (Wildman–Crippen MR) is 91.4 cm³/mol. The number of carbonyl (C=O) groups excluding carboxylic acids is 1. The highest BCUT2D eigenvalue weighted by Gasteiger charge is 2.22. The molecule has 25 heavy (non-hydrogen) atoms. The molecule has 1 aliphatic rings. The summed E-state index contributed by atoms with van der Waals surface area (Å²) < 4.78 is 0. The van der Waals surface area contributed by atoms with E-state index in [-0.39, 0.29) is 17.9 Å². The fourth-order valence-corrected chi connectivity index (χ4v) is 2.93. The molecule has 0 saturated carbocycles. The number of hydrogen-bond acceptors (Lipinski definition) is 6. The second-order valence-corrected chi connectivity index (χ2v) is 6.08. The van der Waals surface area contributed by atoms with Crippen molar-refractivity contribution in [2.75, 3.05) is 24.5 Å². The topological polar surface area (TPSA) is 124 Å². The summed E-state index contributed by atoms with van der Waals surface area (Å²) in [4.78, 5) is 49.8. The van der Waals surface area contributed by atoms with Crippen LogP contribution in [0.25, 0.3) is 0 Å². The van der Waals surface area contributed by atoms with Crippen LogP contribution >= 0.6 is 0 Å². The second-order valence-electron chi connectivity index (χ2n) is 6.08. The average molecular weight is 344 g/mol. The van der Waals surface area contributed by atoms with Crippen LogP contribution in [0, 0.1) is 5.92 Å². The third-order valence-electron chi connectivity index (χ3n) is 4.19. The van der Waals surface area contributed by atoms with Gasteiger partial charge in [0, 0.05) is 43.8 Å². The van der Waals surface area contributed by atoms with Gasteiger partial charge in [0.15, 0.2) is 0 Å². The van der Waals surface area contributed by atoms with Crippen molar-refractivity contribution in [1.29, 1.82) is 0 Å². The van der Waals surface area contributed by atoms with Crippen LogP contribution in [0.2, 0.25) is 0 Å². The lowest BCUT2D eigenvalue weighted by Crippen LogP contribution is -2.42. The molecular formula is C16H20N6O3. The number of nitrogens with one attached hydrogen (secondary N) is 3. The number of hydrogen-bond donors (Lipinski definition) is 3. The Bertz CT molecular complexity index is 832. The number of aromatic nitrogens is 4. The number of nitrogens with zero attached hydrogens (tertiary/aromatic N) is 3. The van der Waals surface area contributed by atoms with E-state index in [1.807, 2.05) is 0 Å². The molecule has 1 amide bonds. The lowest BCUT2D eigenvalue weighted by Gasteiger charge is -2.32. The maximum absolute atomic E-state index is 12.0. The smallest absolute Gasteiger partial charge is 0.325 e. The van der Waals surface area contributed by atoms with Crippen LogP contribution in [-0.2, 0) is 11.2 Å². The van der Waals surface area contributed by atoms with Gasteiger partial charge in [0.1, 0.15) is 0 Å². The molecule has 2 aromatic heterocycles. The normalized spacial score (nSPS) is 17.3. The molecule has 3 heterocycles. The zero-order valence-electron chi connectivity index (χ0n) is 13.7. The molecule has 0 aromatic carbocycles. The van der Waals surface area contributed by atoms with Gasteiger partial charge in [-0.05, 0) is 24.8 Å². The highest BCUT2D eigenvalue weighted by molar-refractivity contribution is 5.78. The Morgan fingerprint density at radius 3 is 2.88 bits per heavy atom. The summed E-state index contributed by atoms with van der Waals surface area (Å²) in [5.74, 6) is 0.763. The van der Waals surface area contributed by atoms with Gasteiger partial charge in [-0.25, -0.2) is 14.8 Å². The Hall–Kier alpha value is -2.97. The summed E-state index contributed by atoms with van der Waals surface area (Å²) in [6.45, 7) is 2.22. The lowest BCUT2D eigenvalue weighted by atomic mass is 9.98. The average Bonchev–Trinajstić information content (AvgIpc) is 2.63. The van der Waals surface area contributed by atoms with Crippen molar-refractivity contribution in [2.24, 2.45) is 5.92 Å². The summed E-state index contributed by atoms with van der Waals surface area (Å²) in [6, 6.07) is 1.78. The van der Waals surface area contributed by atoms with Gasteiger partial charge in [-0.3, -0.25) is 14.6 Å². The van der Waals surface area contributed by atoms with E-state index in [9.17, 15) is 14.4 Å². The van der Waals surface area contributed by atoms with Crippen LogP contribution in [-0.4, -0.2) is 45.5 Å². The Morgan fingerprint density at radius 2 is 2.12 bits per heavy atom. The van der Waals surface area contributed by atoms with Gasteiger partial charge in [-0.15, -0.1) is 0 Å². The molecule has 0 bridgehead atoms. The standard InChI is InChI=1S/C16H20N6O3/c23-13(7-12-9-20-16(25)21-14(12)24)19-8-11-3-1-6-22(10-11)15-17-4-2-5-18-15/h2,4-5,9,11H,1,3,6-8,10H2,(H,19,23)(H2,20,21,24,25)/t11-/m0/s1. The van der Waals surface area contributed by atoms with Crippen molar-refractivity contribution in [2.45, 2.75) is 19.3 Å². The molecule has 2 aromatic rings. The minimum absolute atomic E-state index is 0.0651. The van der Waals surface area contributed by atoms with Gasteiger partial charge in [0.25, 0.3) is 5.56 Å². The molecule has 1 aliphatic heterocycles. The van der Waals surface area contributed by atoms with E-state index in [1.165, 1.54) is 6.20 Å². The fraction of sp³-hybridized carbons (Fsp3) is 0.438. The third kappa shape index (κ3) is 4.52. The van der Waals surface area contributed by atoms with Gasteiger partial charge in [-0.2, -0.15) is 0 Å². The second kappa shape index (κ2) is 7.73. The van der Waals surface area contributed by atoms with Crippen molar-refractivity contribution < 1.29 is 4.79 Å². The number of rotatable bonds is 5. The van der Waals surface area contributed by atoms with E-state index >= 15 is 0 Å². The van der Waals surface area contributed by atoms with Crippen molar-refractivity contribution in [3.63, 3.8) is 0 Å². The number of aromatic amines is 2. The molecule has 1 saturated heterocycles. The zero-order valence-corrected chi connectivity index (χ0v) is 13.7. The quantitative estimate of drug-likeness (QED) is 0.667. The van der Waals surface area contributed by atoms with Gasteiger partial charge < -0.3 is 15.2 Å². The molecule has 132 valence electrons. The zero-order chi connectivity index (χ0) is 17.6. The number of amides is 1. The molecule has 1 fully saturated rings. The lowest BCUT2D eigenvalue weighted by molar-refractivity contribution is -0.120. The Morgan fingerprint density at radius 1 is 1.32 bits per heavy atom. The third-order valence-corrected chi connectivity index (χ3v) is 4.19. The number of piperidine rings is 1. The van der Waals surface area contributed by atoms with Crippen molar-refractivity contribution >= 4 is 11.9 Å². The van der Waals surface area contributed by atoms with Crippen molar-refractivity contribution in [3.05, 3.63) is 51.1 Å². The highest BCUT2D eigenvalue weighted by Crippen LogP contribution is 2.19. The first-order valence-electron chi connectivity index (χ1n) is 8.21. The molecule has 0 radical (unpaired) electrons. The van der Waals surface area contributed by atoms with Crippen molar-refractivity contribution in [1.82, 2.24) is 25.3 Å². The molecule has 9 nitrogen and oxygen atoms in total. The number of anilines is 1. The predicted octanol–water partition coefficient (Wildman–Crippen LogP) is -0.571. The number of carbonyl (C=O) groups is 1. The van der Waals surface area contributed by atoms with E-state index in [1.54, 1.807) is 18.5 Å². The minimum atomic E-state index is -0.584. The fourth-order valence-electron chi connectivity index (χ4n) is 2.93. The summed E-state index contributed by atoms with van der Waals surface area (Å²) in [7, 11) is 0. The van der Waals surface area contributed by atoms with Gasteiger partial charge in [0.05, 0.1) is 6.42 Å². The van der Waals surface area contributed by atoms with E-state index in [0.29, 0.717) is 18.4 Å². The van der Waals surface area contributed by atoms with E-state index < -0.39 is 11.2 Å². The first-order chi connectivity index (χ1) is 12.1. The molecule has 0 aliphatic carbocycles. The molecule has 1 atom stereocenters. The molecule has 3 N–H and O–H groups in total. The van der Waals surface area contributed by atoms with E-state index in [4.69, 9.17) is 0 Å². The molecule has 9 heteroatoms. The van der Waals surface area contributed by atoms with Crippen LogP contribution in [0.5, 0.6) is 0 Å². The van der Waals surface area contributed by atoms with Crippen LogP contribution in [0.1, 0.15) is 18.4 Å². The van der Waals surface area contributed by atoms with Crippen LogP contribution in [0.4, 0.5) is 5.95 Å². The van der Waals surface area contributed by atoms with Crippen LogP contribution in [0.3, 0.4) is 0 Å². The van der Waals surface area contributed by atoms with E-state index in [0.717, 1.165) is 25.9 Å². The molecule has 3 rings (SSSR count). The summed E-state index contributed by atoms with van der Waals surface area (Å²) in [5.41, 5.74) is -0.886. The van der Waals surface area contributed by atoms with Crippen LogP contribution < -0.4 is 21.5 Å². The maximum Gasteiger partial charge on any atom is 0.325 e. The maximum atomic E-state index is 12.0. The minimum Gasteiger partial charge on any atom is -0.355 e. The molecule has 0 unspecified atom stereocenters. The molecule has 0 spiro atoms. The SMILES string of the molecule is O=C(Cc1c[nH]c(=O)[nH]c1=O)NC[C@@H]1CCCN(c2ncccn2)C1. The van der Waals surface area contributed by atoms with Crippen molar-refractivity contribution in [3.8, 4) is 0 Å². The Balaban J connectivity index is 1.51. The first kappa shape index (κ1) is 16.9. The van der Waals surface area contributed by atoms with Gasteiger partial charge in [-0.1, -0.05) is 0 Å². The van der Waals surface area contributed by atoms with E-state index in [2.05, 4.69) is 30.2 Å². The highest BCUT2D eigenvalue weighted by atomic mass is 16.2. The monoisotopic (exact) mass is 344 g/mol. The Labute approximate surface area is 143 Å². The van der Waals surface area contributed by atoms with Gasteiger partial charge >= 0.3 is 5.69 Å². The van der Waals surface area contributed by atoms with Crippen LogP contribution in [0.15, 0.2) is 34.2 Å².